The second-order valence-electron chi connectivity index (χ2n) is 4.41. The summed E-state index contributed by atoms with van der Waals surface area (Å²) >= 11 is 0. The van der Waals surface area contributed by atoms with Crippen molar-refractivity contribution in [3.63, 3.8) is 0 Å². The number of hydrogen-bond donors (Lipinski definition) is 3. The van der Waals surface area contributed by atoms with E-state index in [4.69, 9.17) is 5.73 Å². The number of nitrogens with two attached hydrogens (primary N) is 1. The number of nitrogens with one attached hydrogen (secondary N) is 2. The second kappa shape index (κ2) is 6.10. The Morgan fingerprint density at radius 1 is 1.32 bits per heavy atom. The summed E-state index contributed by atoms with van der Waals surface area (Å²) in [5, 5.41) is 6.37. The summed E-state index contributed by atoms with van der Waals surface area (Å²) in [6.07, 6.45) is 3.47. The Labute approximate surface area is 112 Å². The zero-order valence-corrected chi connectivity index (χ0v) is 11.1. The fourth-order valence-electron chi connectivity index (χ4n) is 1.57. The van der Waals surface area contributed by atoms with E-state index in [2.05, 4.69) is 25.6 Å². The maximum Gasteiger partial charge on any atom is 0.136 e. The fraction of sp³-hybridized carbons (Fsp3) is 0.308. The lowest BCUT2D eigenvalue weighted by molar-refractivity contribution is 0.776. The summed E-state index contributed by atoms with van der Waals surface area (Å²) in [5.41, 5.74) is 6.60. The molecule has 0 aromatic carbocycles. The fourth-order valence-corrected chi connectivity index (χ4v) is 1.57. The van der Waals surface area contributed by atoms with Crippen molar-refractivity contribution in [3.05, 3.63) is 36.4 Å². The lowest BCUT2D eigenvalue weighted by Gasteiger charge is -2.11. The Morgan fingerprint density at radius 2 is 2.11 bits per heavy atom. The molecule has 4 N–H and O–H groups in total. The first kappa shape index (κ1) is 13.2. The van der Waals surface area contributed by atoms with Gasteiger partial charge in [-0.05, 0) is 26.0 Å². The van der Waals surface area contributed by atoms with E-state index in [-0.39, 0.29) is 6.04 Å². The lowest BCUT2D eigenvalue weighted by Crippen LogP contribution is -2.25. The maximum atomic E-state index is 5.71. The van der Waals surface area contributed by atoms with Crippen molar-refractivity contribution in [2.24, 2.45) is 5.73 Å². The predicted octanol–water partition coefficient (Wildman–Crippen LogP) is 1.68. The van der Waals surface area contributed by atoms with Gasteiger partial charge >= 0.3 is 0 Å². The van der Waals surface area contributed by atoms with Gasteiger partial charge in [0.1, 0.15) is 17.5 Å². The number of anilines is 3. The molecule has 2 heterocycles. The summed E-state index contributed by atoms with van der Waals surface area (Å²) in [5.74, 6) is 2.19. The highest BCUT2D eigenvalue weighted by Gasteiger charge is 2.03. The zero-order valence-electron chi connectivity index (χ0n) is 11.1. The monoisotopic (exact) mass is 258 g/mol. The Balaban J connectivity index is 2.12. The third-order valence-electron chi connectivity index (χ3n) is 2.38. The van der Waals surface area contributed by atoms with E-state index in [1.807, 2.05) is 32.0 Å². The molecule has 0 saturated carbocycles. The van der Waals surface area contributed by atoms with Gasteiger partial charge in [-0.3, -0.25) is 4.98 Å². The number of nitrogens with zero attached hydrogens (tertiary/aromatic N) is 3. The molecule has 0 bridgehead atoms. The van der Waals surface area contributed by atoms with Crippen LogP contribution in [0.4, 0.5) is 17.3 Å². The molecule has 0 aliphatic rings. The molecule has 0 saturated heterocycles. The Kier molecular flexibility index (Phi) is 4.25. The van der Waals surface area contributed by atoms with E-state index in [1.165, 1.54) is 0 Å². The first-order valence-electron chi connectivity index (χ1n) is 6.15. The van der Waals surface area contributed by atoms with Gasteiger partial charge in [-0.2, -0.15) is 0 Å². The molecule has 0 amide bonds. The molecule has 1 atom stereocenters. The first-order chi connectivity index (χ1) is 9.13. The Bertz CT molecular complexity index is 526. The number of aryl methyl sites for hydroxylation is 1. The van der Waals surface area contributed by atoms with Crippen molar-refractivity contribution in [2.45, 2.75) is 19.9 Å². The molecular weight excluding hydrogens is 240 g/mol. The molecule has 0 aliphatic carbocycles. The molecule has 19 heavy (non-hydrogen) atoms. The van der Waals surface area contributed by atoms with Crippen LogP contribution in [-0.2, 0) is 0 Å². The maximum absolute atomic E-state index is 5.71. The molecule has 6 heteroatoms. The molecular formula is C13H18N6. The van der Waals surface area contributed by atoms with Gasteiger partial charge in [-0.1, -0.05) is 0 Å². The number of aromatic nitrogens is 3. The molecule has 6 nitrogen and oxygen atoms in total. The first-order valence-corrected chi connectivity index (χ1v) is 6.15. The van der Waals surface area contributed by atoms with E-state index in [9.17, 15) is 0 Å². The van der Waals surface area contributed by atoms with Crippen LogP contribution in [0.5, 0.6) is 0 Å². The minimum absolute atomic E-state index is 0.0741. The van der Waals surface area contributed by atoms with Crippen LogP contribution in [0.3, 0.4) is 0 Å². The second-order valence-corrected chi connectivity index (χ2v) is 4.41. The van der Waals surface area contributed by atoms with Gasteiger partial charge in [-0.25, -0.2) is 9.97 Å². The SMILES string of the molecule is Cc1nc(NCC(C)N)cc(Nc2cccnc2)n1. The smallest absolute Gasteiger partial charge is 0.136 e. The summed E-state index contributed by atoms with van der Waals surface area (Å²) in [6, 6.07) is 5.72. The van der Waals surface area contributed by atoms with Crippen LogP contribution >= 0.6 is 0 Å². The molecule has 2 aromatic heterocycles. The van der Waals surface area contributed by atoms with Crippen LogP contribution in [-0.4, -0.2) is 27.5 Å². The highest BCUT2D eigenvalue weighted by molar-refractivity contribution is 5.58. The number of pyridine rings is 1. The zero-order chi connectivity index (χ0) is 13.7. The van der Waals surface area contributed by atoms with Gasteiger partial charge in [0.15, 0.2) is 0 Å². The number of rotatable bonds is 5. The normalized spacial score (nSPS) is 11.9. The highest BCUT2D eigenvalue weighted by Crippen LogP contribution is 2.16. The van der Waals surface area contributed by atoms with Gasteiger partial charge in [0, 0.05) is 24.8 Å². The third-order valence-corrected chi connectivity index (χ3v) is 2.38. The van der Waals surface area contributed by atoms with Gasteiger partial charge in [0.2, 0.25) is 0 Å². The lowest BCUT2D eigenvalue weighted by atomic mass is 10.3. The van der Waals surface area contributed by atoms with Gasteiger partial charge < -0.3 is 16.4 Å². The Hall–Kier alpha value is -2.21. The van der Waals surface area contributed by atoms with Gasteiger partial charge in [-0.15, -0.1) is 0 Å². The van der Waals surface area contributed by atoms with E-state index in [0.29, 0.717) is 12.4 Å². The van der Waals surface area contributed by atoms with Crippen LogP contribution in [0.25, 0.3) is 0 Å². The topological polar surface area (TPSA) is 88.8 Å². The van der Waals surface area contributed by atoms with Crippen molar-refractivity contribution in [2.75, 3.05) is 17.2 Å². The van der Waals surface area contributed by atoms with Crippen LogP contribution in [0.15, 0.2) is 30.6 Å². The predicted molar refractivity (Wildman–Crippen MR) is 76.4 cm³/mol. The highest BCUT2D eigenvalue weighted by atomic mass is 15.1. The van der Waals surface area contributed by atoms with Crippen molar-refractivity contribution >= 4 is 17.3 Å². The van der Waals surface area contributed by atoms with E-state index in [0.717, 1.165) is 17.3 Å². The minimum Gasteiger partial charge on any atom is -0.368 e. The van der Waals surface area contributed by atoms with E-state index < -0.39 is 0 Å². The van der Waals surface area contributed by atoms with Crippen LogP contribution < -0.4 is 16.4 Å². The third kappa shape index (κ3) is 4.18. The molecule has 2 aromatic rings. The standard InChI is InChI=1S/C13H18N6/c1-9(14)7-16-12-6-13(18-10(2)17-12)19-11-4-3-5-15-8-11/h3-6,8-9H,7,14H2,1-2H3,(H2,16,17,18,19). The average molecular weight is 258 g/mol. The molecule has 0 spiro atoms. The molecule has 0 aliphatic heterocycles. The van der Waals surface area contributed by atoms with E-state index >= 15 is 0 Å². The van der Waals surface area contributed by atoms with Gasteiger partial charge in [0.05, 0.1) is 11.9 Å². The van der Waals surface area contributed by atoms with Crippen LogP contribution in [0.2, 0.25) is 0 Å². The van der Waals surface area contributed by atoms with Crippen LogP contribution in [0.1, 0.15) is 12.7 Å². The summed E-state index contributed by atoms with van der Waals surface area (Å²) in [7, 11) is 0. The van der Waals surface area contributed by atoms with E-state index in [1.54, 1.807) is 12.4 Å². The molecule has 100 valence electrons. The van der Waals surface area contributed by atoms with Crippen molar-refractivity contribution in [1.82, 2.24) is 15.0 Å². The van der Waals surface area contributed by atoms with Crippen molar-refractivity contribution < 1.29 is 0 Å². The Morgan fingerprint density at radius 3 is 2.79 bits per heavy atom. The van der Waals surface area contributed by atoms with Gasteiger partial charge in [0.25, 0.3) is 0 Å². The quantitative estimate of drug-likeness (QED) is 0.756. The van der Waals surface area contributed by atoms with Crippen molar-refractivity contribution in [3.8, 4) is 0 Å². The molecule has 0 radical (unpaired) electrons. The summed E-state index contributed by atoms with van der Waals surface area (Å²) in [6.45, 7) is 4.46. The minimum atomic E-state index is 0.0741. The largest absolute Gasteiger partial charge is 0.368 e. The molecule has 2 rings (SSSR count). The average Bonchev–Trinajstić information content (AvgIpc) is 2.37. The molecule has 1 unspecified atom stereocenters. The number of hydrogen-bond acceptors (Lipinski definition) is 6. The van der Waals surface area contributed by atoms with Crippen LogP contribution in [0, 0.1) is 6.92 Å². The van der Waals surface area contributed by atoms with Crippen molar-refractivity contribution in [1.29, 1.82) is 0 Å². The molecule has 0 fully saturated rings. The summed E-state index contributed by atoms with van der Waals surface area (Å²) in [4.78, 5) is 12.7. The summed E-state index contributed by atoms with van der Waals surface area (Å²) < 4.78 is 0.